The fourth-order valence-corrected chi connectivity index (χ4v) is 3.54. The first kappa shape index (κ1) is 22.6. The van der Waals surface area contributed by atoms with Gasteiger partial charge in [-0.1, -0.05) is 30.7 Å². The molecule has 0 radical (unpaired) electrons. The van der Waals surface area contributed by atoms with Crippen molar-refractivity contribution < 1.29 is 0 Å². The lowest BCUT2D eigenvalue weighted by Crippen LogP contribution is -2.38. The van der Waals surface area contributed by atoms with Crippen LogP contribution in [0.25, 0.3) is 0 Å². The quantitative estimate of drug-likeness (QED) is 0.365. The molecule has 154 valence electrons. The van der Waals surface area contributed by atoms with E-state index >= 15 is 0 Å². The summed E-state index contributed by atoms with van der Waals surface area (Å²) in [5.41, 5.74) is 2.71. The van der Waals surface area contributed by atoms with Gasteiger partial charge >= 0.3 is 0 Å². The lowest BCUT2D eigenvalue weighted by Gasteiger charge is -2.33. The largest absolute Gasteiger partial charge is 0.352 e. The van der Waals surface area contributed by atoms with Crippen molar-refractivity contribution in [3.05, 3.63) is 47.5 Å². The smallest absolute Gasteiger partial charge is 0.191 e. The Balaban J connectivity index is 0.00000280. The van der Waals surface area contributed by atoms with Gasteiger partial charge in [0.25, 0.3) is 0 Å². The van der Waals surface area contributed by atoms with Crippen molar-refractivity contribution in [2.24, 2.45) is 12.0 Å². The van der Waals surface area contributed by atoms with Crippen LogP contribution >= 0.6 is 24.0 Å². The van der Waals surface area contributed by atoms with Gasteiger partial charge in [0.1, 0.15) is 12.2 Å². The summed E-state index contributed by atoms with van der Waals surface area (Å²) in [6, 6.07) is 9.35. The van der Waals surface area contributed by atoms with Crippen LogP contribution in [0.1, 0.15) is 43.1 Å². The number of hydrogen-bond acceptors (Lipinski definition) is 4. The first-order chi connectivity index (χ1) is 13.2. The predicted molar refractivity (Wildman–Crippen MR) is 124 cm³/mol. The van der Waals surface area contributed by atoms with Crippen molar-refractivity contribution in [2.45, 2.75) is 51.9 Å². The Hall–Kier alpha value is -1.68. The van der Waals surface area contributed by atoms with Crippen molar-refractivity contribution in [3.8, 4) is 0 Å². The molecule has 1 saturated heterocycles. The number of halogens is 1. The highest BCUT2D eigenvalue weighted by atomic mass is 127. The molecule has 1 aliphatic heterocycles. The van der Waals surface area contributed by atoms with Gasteiger partial charge in [-0.25, -0.2) is 4.98 Å². The standard InChI is InChI=1S/C20H31N7.HI/c1-16-8-6-7-11-27(16)14-18-10-5-4-9-17(18)12-22-20(21-2)23-13-19-24-15-25-26(19)3;/h4-5,9-10,15-16H,6-8,11-14H2,1-3H3,(H2,21,22,23);1H. The first-order valence-electron chi connectivity index (χ1n) is 9.75. The average molecular weight is 497 g/mol. The zero-order valence-corrected chi connectivity index (χ0v) is 19.4. The Bertz CT molecular complexity index is 759. The zero-order chi connectivity index (χ0) is 19.1. The molecule has 0 bridgehead atoms. The molecule has 2 heterocycles. The summed E-state index contributed by atoms with van der Waals surface area (Å²) >= 11 is 0. The Morgan fingerprint density at radius 1 is 1.18 bits per heavy atom. The van der Waals surface area contributed by atoms with Crippen molar-refractivity contribution in [2.75, 3.05) is 13.6 Å². The monoisotopic (exact) mass is 497 g/mol. The Labute approximate surface area is 185 Å². The summed E-state index contributed by atoms with van der Waals surface area (Å²) in [6.45, 7) is 5.89. The van der Waals surface area contributed by atoms with Crippen LogP contribution in [0, 0.1) is 0 Å². The number of nitrogens with zero attached hydrogens (tertiary/aromatic N) is 5. The highest BCUT2D eigenvalue weighted by Gasteiger charge is 2.19. The average Bonchev–Trinajstić information content (AvgIpc) is 3.10. The van der Waals surface area contributed by atoms with E-state index < -0.39 is 0 Å². The van der Waals surface area contributed by atoms with E-state index in [2.05, 4.69) is 61.8 Å². The molecular formula is C20H32IN7. The number of piperidine rings is 1. The molecule has 7 nitrogen and oxygen atoms in total. The predicted octanol–water partition coefficient (Wildman–Crippen LogP) is 2.67. The highest BCUT2D eigenvalue weighted by Crippen LogP contribution is 2.20. The fraction of sp³-hybridized carbons (Fsp3) is 0.550. The maximum Gasteiger partial charge on any atom is 0.191 e. The van der Waals surface area contributed by atoms with E-state index in [0.717, 1.165) is 24.9 Å². The van der Waals surface area contributed by atoms with Gasteiger partial charge in [-0.2, -0.15) is 5.10 Å². The number of benzene rings is 1. The SMILES string of the molecule is CN=C(NCc1ccccc1CN1CCCCC1C)NCc1ncnn1C.I. The van der Waals surface area contributed by atoms with Crippen LogP contribution in [0.2, 0.25) is 0 Å². The van der Waals surface area contributed by atoms with Crippen LogP contribution in [-0.2, 0) is 26.7 Å². The number of likely N-dealkylation sites (tertiary alicyclic amines) is 1. The van der Waals surface area contributed by atoms with E-state index in [-0.39, 0.29) is 24.0 Å². The summed E-state index contributed by atoms with van der Waals surface area (Å²) in [4.78, 5) is 11.1. The topological polar surface area (TPSA) is 70.4 Å². The normalized spacial score (nSPS) is 17.8. The maximum absolute atomic E-state index is 4.32. The molecular weight excluding hydrogens is 465 g/mol. The van der Waals surface area contributed by atoms with Gasteiger partial charge < -0.3 is 10.6 Å². The second-order valence-electron chi connectivity index (χ2n) is 7.16. The van der Waals surface area contributed by atoms with E-state index in [9.17, 15) is 0 Å². The molecule has 0 saturated carbocycles. The third-order valence-corrected chi connectivity index (χ3v) is 5.32. The molecule has 0 spiro atoms. The molecule has 1 atom stereocenters. The summed E-state index contributed by atoms with van der Waals surface area (Å²) in [7, 11) is 3.67. The minimum absolute atomic E-state index is 0. The van der Waals surface area contributed by atoms with E-state index in [1.54, 1.807) is 18.1 Å². The lowest BCUT2D eigenvalue weighted by atomic mass is 10.0. The molecule has 1 aliphatic rings. The number of rotatable bonds is 6. The van der Waals surface area contributed by atoms with E-state index in [0.29, 0.717) is 12.6 Å². The molecule has 28 heavy (non-hydrogen) atoms. The molecule has 8 heteroatoms. The maximum atomic E-state index is 4.32. The van der Waals surface area contributed by atoms with Gasteiger partial charge in [-0.3, -0.25) is 14.6 Å². The Kier molecular flexibility index (Phi) is 9.17. The van der Waals surface area contributed by atoms with E-state index in [1.165, 1.54) is 36.9 Å². The fourth-order valence-electron chi connectivity index (χ4n) is 3.54. The van der Waals surface area contributed by atoms with Crippen LogP contribution in [0.5, 0.6) is 0 Å². The summed E-state index contributed by atoms with van der Waals surface area (Å²) in [6.07, 6.45) is 5.53. The van der Waals surface area contributed by atoms with Gasteiger partial charge in [0.05, 0.1) is 6.54 Å². The third-order valence-electron chi connectivity index (χ3n) is 5.32. The molecule has 1 aromatic carbocycles. The number of aliphatic imine (C=N–C) groups is 1. The summed E-state index contributed by atoms with van der Waals surface area (Å²) in [5.74, 6) is 1.64. The first-order valence-corrected chi connectivity index (χ1v) is 9.75. The van der Waals surface area contributed by atoms with Crippen molar-refractivity contribution >= 4 is 29.9 Å². The van der Waals surface area contributed by atoms with Gasteiger partial charge in [0.15, 0.2) is 5.96 Å². The third kappa shape index (κ3) is 6.16. The minimum atomic E-state index is 0. The number of nitrogens with one attached hydrogen (secondary N) is 2. The molecule has 1 unspecified atom stereocenters. The molecule has 1 fully saturated rings. The number of hydrogen-bond donors (Lipinski definition) is 2. The number of guanidine groups is 1. The zero-order valence-electron chi connectivity index (χ0n) is 17.1. The molecule has 2 N–H and O–H groups in total. The highest BCUT2D eigenvalue weighted by molar-refractivity contribution is 14.0. The second-order valence-corrected chi connectivity index (χ2v) is 7.16. The molecule has 1 aromatic heterocycles. The lowest BCUT2D eigenvalue weighted by molar-refractivity contribution is 0.152. The summed E-state index contributed by atoms with van der Waals surface area (Å²) < 4.78 is 1.76. The molecule has 2 aromatic rings. The number of aryl methyl sites for hydroxylation is 1. The van der Waals surface area contributed by atoms with Crippen molar-refractivity contribution in [1.29, 1.82) is 0 Å². The molecule has 3 rings (SSSR count). The minimum Gasteiger partial charge on any atom is -0.352 e. The number of aromatic nitrogens is 3. The van der Waals surface area contributed by atoms with E-state index in [4.69, 9.17) is 0 Å². The Morgan fingerprint density at radius 2 is 1.93 bits per heavy atom. The van der Waals surface area contributed by atoms with Crippen LogP contribution in [-0.4, -0.2) is 45.3 Å². The van der Waals surface area contributed by atoms with Gasteiger partial charge in [-0.05, 0) is 37.4 Å². The van der Waals surface area contributed by atoms with Crippen LogP contribution in [0.3, 0.4) is 0 Å². The van der Waals surface area contributed by atoms with Gasteiger partial charge in [-0.15, -0.1) is 24.0 Å². The summed E-state index contributed by atoms with van der Waals surface area (Å²) in [5, 5.41) is 10.8. The van der Waals surface area contributed by atoms with Crippen molar-refractivity contribution in [1.82, 2.24) is 30.3 Å². The van der Waals surface area contributed by atoms with Gasteiger partial charge in [0, 0.05) is 33.2 Å². The van der Waals surface area contributed by atoms with Crippen LogP contribution in [0.4, 0.5) is 0 Å². The molecule has 0 aliphatic carbocycles. The molecule has 0 amide bonds. The van der Waals surface area contributed by atoms with Gasteiger partial charge in [0.2, 0.25) is 0 Å². The van der Waals surface area contributed by atoms with Crippen LogP contribution < -0.4 is 10.6 Å². The second kappa shape index (κ2) is 11.4. The van der Waals surface area contributed by atoms with Crippen LogP contribution in [0.15, 0.2) is 35.6 Å². The van der Waals surface area contributed by atoms with Crippen molar-refractivity contribution in [3.63, 3.8) is 0 Å². The van der Waals surface area contributed by atoms with E-state index in [1.807, 2.05) is 7.05 Å². The Morgan fingerprint density at radius 3 is 2.61 bits per heavy atom.